The van der Waals surface area contributed by atoms with Crippen LogP contribution >= 0.6 is 11.3 Å². The predicted molar refractivity (Wildman–Crippen MR) is 138 cm³/mol. The van der Waals surface area contributed by atoms with Crippen molar-refractivity contribution in [3.8, 4) is 22.8 Å². The number of rotatable bonds is 7. The van der Waals surface area contributed by atoms with Crippen molar-refractivity contribution in [2.45, 2.75) is 25.7 Å². The smallest absolute Gasteiger partial charge is 0.238 e. The van der Waals surface area contributed by atoms with Gasteiger partial charge in [-0.3, -0.25) is 9.59 Å². The van der Waals surface area contributed by atoms with Gasteiger partial charge in [-0.25, -0.2) is 4.98 Å². The van der Waals surface area contributed by atoms with E-state index in [1.54, 1.807) is 0 Å². The van der Waals surface area contributed by atoms with Gasteiger partial charge in [-0.2, -0.15) is 0 Å². The van der Waals surface area contributed by atoms with Gasteiger partial charge in [0, 0.05) is 35.5 Å². The number of nitrogens with zero attached hydrogens (tertiary/aromatic N) is 1. The largest absolute Gasteiger partial charge is 0.457 e. The lowest BCUT2D eigenvalue weighted by atomic mass is 9.87. The zero-order valence-corrected chi connectivity index (χ0v) is 20.1. The molecule has 1 aliphatic rings. The third kappa shape index (κ3) is 5.10. The van der Waals surface area contributed by atoms with E-state index in [4.69, 9.17) is 4.74 Å². The predicted octanol–water partition coefficient (Wildman–Crippen LogP) is 5.76. The van der Waals surface area contributed by atoms with E-state index in [9.17, 15) is 9.59 Å². The Morgan fingerprint density at radius 3 is 2.26 bits per heavy atom. The summed E-state index contributed by atoms with van der Waals surface area (Å²) in [6.45, 7) is 2.20. The van der Waals surface area contributed by atoms with Gasteiger partial charge < -0.3 is 15.4 Å². The minimum Gasteiger partial charge on any atom is -0.457 e. The quantitative estimate of drug-likeness (QED) is 0.328. The van der Waals surface area contributed by atoms with Gasteiger partial charge in [0.05, 0.1) is 11.6 Å². The molecular weight excluding hydrogens is 458 g/mol. The Balaban J connectivity index is 1.29. The number of anilines is 1. The fourth-order valence-corrected chi connectivity index (χ4v) is 4.96. The van der Waals surface area contributed by atoms with Gasteiger partial charge >= 0.3 is 0 Å². The lowest BCUT2D eigenvalue weighted by Gasteiger charge is -2.27. The minimum atomic E-state index is -0.472. The van der Waals surface area contributed by atoms with Crippen LogP contribution in [0.5, 0.6) is 11.5 Å². The Morgan fingerprint density at radius 2 is 1.60 bits per heavy atom. The molecule has 0 bridgehead atoms. The van der Waals surface area contributed by atoms with E-state index < -0.39 is 5.92 Å². The fourth-order valence-electron chi connectivity index (χ4n) is 4.23. The highest BCUT2D eigenvalue weighted by molar-refractivity contribution is 7.14. The van der Waals surface area contributed by atoms with Crippen LogP contribution in [0.25, 0.3) is 11.3 Å². The summed E-state index contributed by atoms with van der Waals surface area (Å²) in [5.41, 5.74) is 4.71. The van der Waals surface area contributed by atoms with Crippen molar-refractivity contribution in [3.05, 3.63) is 94.9 Å². The number of carbonyl (C=O) groups is 2. The molecule has 0 unspecified atom stereocenters. The van der Waals surface area contributed by atoms with Crippen LogP contribution in [0.4, 0.5) is 5.13 Å². The highest BCUT2D eigenvalue weighted by Crippen LogP contribution is 2.44. The van der Waals surface area contributed by atoms with Crippen LogP contribution in [-0.2, 0) is 16.0 Å². The van der Waals surface area contributed by atoms with Gasteiger partial charge in [0.25, 0.3) is 0 Å². The maximum Gasteiger partial charge on any atom is 0.238 e. The van der Waals surface area contributed by atoms with Gasteiger partial charge in [0.1, 0.15) is 11.5 Å². The van der Waals surface area contributed by atoms with E-state index in [0.717, 1.165) is 35.2 Å². The van der Waals surface area contributed by atoms with E-state index in [1.165, 1.54) is 23.8 Å². The van der Waals surface area contributed by atoms with Crippen LogP contribution in [0, 0.1) is 0 Å². The van der Waals surface area contributed by atoms with E-state index in [0.29, 0.717) is 23.2 Å². The first-order valence-corrected chi connectivity index (χ1v) is 12.4. The van der Waals surface area contributed by atoms with E-state index in [-0.39, 0.29) is 11.8 Å². The molecule has 4 aromatic rings. The van der Waals surface area contributed by atoms with Crippen molar-refractivity contribution < 1.29 is 14.3 Å². The molecule has 1 aromatic heterocycles. The average molecular weight is 484 g/mol. The molecule has 0 saturated heterocycles. The summed E-state index contributed by atoms with van der Waals surface area (Å²) in [4.78, 5) is 29.1. The number of thiazole rings is 1. The Labute approximate surface area is 208 Å². The molecule has 2 amide bonds. The average Bonchev–Trinajstić information content (AvgIpc) is 3.33. The molecule has 7 heteroatoms. The lowest BCUT2D eigenvalue weighted by Crippen LogP contribution is -2.25. The Hall–Kier alpha value is -3.97. The maximum absolute atomic E-state index is 13.4. The first-order valence-electron chi connectivity index (χ1n) is 11.5. The van der Waals surface area contributed by atoms with E-state index >= 15 is 0 Å². The van der Waals surface area contributed by atoms with Crippen LogP contribution in [-0.4, -0.2) is 23.3 Å². The topological polar surface area (TPSA) is 80.3 Å². The van der Waals surface area contributed by atoms with Gasteiger partial charge in [-0.1, -0.05) is 60.7 Å². The number of nitrogens with one attached hydrogen (secondary N) is 2. The van der Waals surface area contributed by atoms with Gasteiger partial charge in [-0.15, -0.1) is 11.3 Å². The van der Waals surface area contributed by atoms with Crippen molar-refractivity contribution in [3.63, 3.8) is 0 Å². The number of fused-ring (bicyclic) bond motifs is 2. The van der Waals surface area contributed by atoms with E-state index in [1.807, 2.05) is 66.0 Å². The highest BCUT2D eigenvalue weighted by atomic mass is 32.1. The van der Waals surface area contributed by atoms with E-state index in [2.05, 4.69) is 27.8 Å². The molecule has 0 saturated carbocycles. The first-order chi connectivity index (χ1) is 17.1. The molecule has 3 aromatic carbocycles. The van der Waals surface area contributed by atoms with Gasteiger partial charge in [0.15, 0.2) is 5.13 Å². The second kappa shape index (κ2) is 10.1. The molecular formula is C28H25N3O3S. The summed E-state index contributed by atoms with van der Waals surface area (Å²) >= 11 is 1.41. The van der Waals surface area contributed by atoms with Crippen molar-refractivity contribution in [1.82, 2.24) is 10.3 Å². The molecule has 0 spiro atoms. The molecule has 2 heterocycles. The van der Waals surface area contributed by atoms with Crippen LogP contribution in [0.1, 0.15) is 36.0 Å². The standard InChI is InChI=1S/C28H25N3O3S/c1-18(32)29-16-6-7-19-12-14-20(15-13-19)23-17-35-28(30-23)31-27(33)26-21-8-2-4-10-24(21)34-25-11-5-3-9-22(25)26/h2-5,8-15,17,26H,6-7,16H2,1H3,(H,29,32)(H,30,31,33). The third-order valence-electron chi connectivity index (χ3n) is 5.94. The second-order valence-electron chi connectivity index (χ2n) is 8.42. The molecule has 2 N–H and O–H groups in total. The molecule has 0 aliphatic carbocycles. The molecule has 1 aliphatic heterocycles. The number of aromatic nitrogens is 1. The van der Waals surface area contributed by atoms with Crippen molar-refractivity contribution in [1.29, 1.82) is 0 Å². The summed E-state index contributed by atoms with van der Waals surface area (Å²) in [6, 6.07) is 23.5. The van der Waals surface area contributed by atoms with Crippen molar-refractivity contribution in [2.75, 3.05) is 11.9 Å². The van der Waals surface area contributed by atoms with Gasteiger partial charge in [0.2, 0.25) is 11.8 Å². The SMILES string of the molecule is CC(=O)NCCCc1ccc(-c2csc(NC(=O)C3c4ccccc4Oc4ccccc43)n2)cc1. The summed E-state index contributed by atoms with van der Waals surface area (Å²) in [6.07, 6.45) is 1.79. The molecule has 6 nitrogen and oxygen atoms in total. The van der Waals surface area contributed by atoms with Crippen LogP contribution in [0.15, 0.2) is 78.2 Å². The monoisotopic (exact) mass is 483 g/mol. The number of aryl methyl sites for hydroxylation is 1. The van der Waals surface area contributed by atoms with Gasteiger partial charge in [-0.05, 0) is 30.5 Å². The molecule has 176 valence electrons. The Kier molecular flexibility index (Phi) is 6.59. The number of hydrogen-bond acceptors (Lipinski definition) is 5. The van der Waals surface area contributed by atoms with Crippen LogP contribution in [0.3, 0.4) is 0 Å². The molecule has 0 radical (unpaired) electrons. The highest BCUT2D eigenvalue weighted by Gasteiger charge is 2.32. The summed E-state index contributed by atoms with van der Waals surface area (Å²) in [7, 11) is 0. The molecule has 5 rings (SSSR count). The molecule has 0 atom stereocenters. The zero-order chi connectivity index (χ0) is 24.2. The Bertz CT molecular complexity index is 1320. The molecule has 0 fully saturated rings. The number of hydrogen-bond donors (Lipinski definition) is 2. The third-order valence-corrected chi connectivity index (χ3v) is 6.70. The summed E-state index contributed by atoms with van der Waals surface area (Å²) in [5.74, 6) is 0.785. The Morgan fingerprint density at radius 1 is 0.943 bits per heavy atom. The number of benzene rings is 3. The van der Waals surface area contributed by atoms with Crippen molar-refractivity contribution in [2.24, 2.45) is 0 Å². The number of ether oxygens (including phenoxy) is 1. The fraction of sp³-hybridized carbons (Fsp3) is 0.179. The minimum absolute atomic E-state index is 0.00277. The number of para-hydroxylation sites is 2. The maximum atomic E-state index is 13.4. The number of amides is 2. The first kappa shape index (κ1) is 22.8. The molecule has 35 heavy (non-hydrogen) atoms. The second-order valence-corrected chi connectivity index (χ2v) is 9.28. The zero-order valence-electron chi connectivity index (χ0n) is 19.3. The number of carbonyl (C=O) groups excluding carboxylic acids is 2. The van der Waals surface area contributed by atoms with Crippen molar-refractivity contribution >= 4 is 28.3 Å². The summed E-state index contributed by atoms with van der Waals surface area (Å²) in [5, 5.41) is 8.35. The summed E-state index contributed by atoms with van der Waals surface area (Å²) < 4.78 is 6.01. The normalized spacial score (nSPS) is 12.3. The van der Waals surface area contributed by atoms with Crippen LogP contribution < -0.4 is 15.4 Å². The lowest BCUT2D eigenvalue weighted by molar-refractivity contribution is -0.119. The van der Waals surface area contributed by atoms with Crippen LogP contribution in [0.2, 0.25) is 0 Å².